The van der Waals surface area contributed by atoms with Crippen LogP contribution in [-0.2, 0) is 14.8 Å². The molecule has 0 bridgehead atoms. The highest BCUT2D eigenvalue weighted by Gasteiger charge is 2.39. The molecule has 0 unspecified atom stereocenters. The number of para-hydroxylation sites is 1. The second-order valence-corrected chi connectivity index (χ2v) is 11.4. The second-order valence-electron chi connectivity index (χ2n) is 7.26. The zero-order chi connectivity index (χ0) is 21.4. The highest BCUT2D eigenvalue weighted by molar-refractivity contribution is 7.91. The molecule has 1 fully saturated rings. The van der Waals surface area contributed by atoms with E-state index in [2.05, 4.69) is 10.3 Å². The van der Waals surface area contributed by atoms with Gasteiger partial charge in [0.1, 0.15) is 15.3 Å². The predicted molar refractivity (Wildman–Crippen MR) is 125 cm³/mol. The van der Waals surface area contributed by atoms with Gasteiger partial charge in [0.25, 0.3) is 10.0 Å². The van der Waals surface area contributed by atoms with Gasteiger partial charge in [-0.05, 0) is 48.6 Å². The predicted octanol–water partition coefficient (Wildman–Crippen LogP) is 4.82. The lowest BCUT2D eigenvalue weighted by atomic mass is 10.2. The van der Waals surface area contributed by atoms with Crippen molar-refractivity contribution in [1.82, 2.24) is 9.29 Å². The molecule has 9 heteroatoms. The number of thiophene rings is 1. The van der Waals surface area contributed by atoms with Crippen LogP contribution in [-0.4, -0.2) is 36.2 Å². The number of fused-ring (bicyclic) bond motifs is 1. The highest BCUT2D eigenvalue weighted by Crippen LogP contribution is 2.32. The number of nitrogens with one attached hydrogen (secondary N) is 1. The number of rotatable bonds is 5. The maximum Gasteiger partial charge on any atom is 0.253 e. The molecule has 3 heterocycles. The van der Waals surface area contributed by atoms with Crippen molar-refractivity contribution in [3.05, 3.63) is 66.0 Å². The van der Waals surface area contributed by atoms with Gasteiger partial charge in [0.15, 0.2) is 0 Å². The SMILES string of the molecule is O=C(Nc1cccc(-c2nc3ccccc3s2)c1)[C@@H]1CCCN1S(=O)(=O)c1cccs1. The van der Waals surface area contributed by atoms with E-state index in [0.717, 1.165) is 20.8 Å². The third-order valence-corrected chi connectivity index (χ3v) is 9.60. The molecule has 4 aromatic rings. The molecule has 5 rings (SSSR count). The van der Waals surface area contributed by atoms with Gasteiger partial charge in [0.05, 0.1) is 10.2 Å². The summed E-state index contributed by atoms with van der Waals surface area (Å²) < 4.78 is 28.6. The highest BCUT2D eigenvalue weighted by atomic mass is 32.2. The van der Waals surface area contributed by atoms with Gasteiger partial charge in [-0.1, -0.05) is 30.3 Å². The third-order valence-electron chi connectivity index (χ3n) is 5.24. The summed E-state index contributed by atoms with van der Waals surface area (Å²) in [7, 11) is -3.67. The number of aromatic nitrogens is 1. The molecule has 158 valence electrons. The first kappa shape index (κ1) is 20.3. The van der Waals surface area contributed by atoms with E-state index in [1.165, 1.54) is 15.6 Å². The molecule has 1 N–H and O–H groups in total. The van der Waals surface area contributed by atoms with Crippen molar-refractivity contribution in [2.45, 2.75) is 23.1 Å². The normalized spacial score (nSPS) is 17.2. The van der Waals surface area contributed by atoms with Gasteiger partial charge in [-0.15, -0.1) is 22.7 Å². The summed E-state index contributed by atoms with van der Waals surface area (Å²) >= 11 is 2.76. The zero-order valence-corrected chi connectivity index (χ0v) is 18.8. The number of anilines is 1. The van der Waals surface area contributed by atoms with Gasteiger partial charge in [0, 0.05) is 17.8 Å². The van der Waals surface area contributed by atoms with Crippen LogP contribution in [0, 0.1) is 0 Å². The number of thiazole rings is 1. The summed E-state index contributed by atoms with van der Waals surface area (Å²) in [6.07, 6.45) is 1.17. The van der Waals surface area contributed by atoms with E-state index in [0.29, 0.717) is 25.1 Å². The van der Waals surface area contributed by atoms with Crippen LogP contribution in [0.15, 0.2) is 70.3 Å². The molecule has 2 aromatic carbocycles. The first-order valence-electron chi connectivity index (χ1n) is 9.84. The van der Waals surface area contributed by atoms with Gasteiger partial charge < -0.3 is 5.32 Å². The van der Waals surface area contributed by atoms with E-state index >= 15 is 0 Å². The second kappa shape index (κ2) is 8.16. The van der Waals surface area contributed by atoms with Crippen LogP contribution in [0.25, 0.3) is 20.8 Å². The minimum absolute atomic E-state index is 0.269. The summed E-state index contributed by atoms with van der Waals surface area (Å²) in [5, 5.41) is 5.51. The Morgan fingerprint density at radius 1 is 1.10 bits per heavy atom. The number of hydrogen-bond donors (Lipinski definition) is 1. The van der Waals surface area contributed by atoms with Crippen molar-refractivity contribution in [3.63, 3.8) is 0 Å². The summed E-state index contributed by atoms with van der Waals surface area (Å²) in [6, 6.07) is 18.0. The van der Waals surface area contributed by atoms with Crippen molar-refractivity contribution in [3.8, 4) is 10.6 Å². The standard InChI is InChI=1S/C22H19N3O3S3/c26-21(18-9-4-12-25(18)31(27,28)20-11-5-13-29-20)23-16-7-3-6-15(14-16)22-24-17-8-1-2-10-19(17)30-22/h1-3,5-8,10-11,13-14,18H,4,9,12H2,(H,23,26)/t18-/m0/s1. The number of benzene rings is 2. The first-order chi connectivity index (χ1) is 15.0. The van der Waals surface area contributed by atoms with Crippen LogP contribution < -0.4 is 5.32 Å². The van der Waals surface area contributed by atoms with Gasteiger partial charge in [-0.3, -0.25) is 4.79 Å². The third kappa shape index (κ3) is 3.89. The Morgan fingerprint density at radius 2 is 1.97 bits per heavy atom. The van der Waals surface area contributed by atoms with Gasteiger partial charge in [0.2, 0.25) is 5.91 Å². The van der Waals surface area contributed by atoms with Crippen molar-refractivity contribution in [1.29, 1.82) is 0 Å². The van der Waals surface area contributed by atoms with Crippen LogP contribution in [0.2, 0.25) is 0 Å². The van der Waals surface area contributed by atoms with Gasteiger partial charge in [-0.25, -0.2) is 13.4 Å². The molecule has 0 radical (unpaired) electrons. The van der Waals surface area contributed by atoms with Crippen LogP contribution in [0.5, 0.6) is 0 Å². The molecule has 1 aliphatic heterocycles. The zero-order valence-electron chi connectivity index (χ0n) is 16.4. The summed E-state index contributed by atoms with van der Waals surface area (Å²) in [5.74, 6) is -0.306. The summed E-state index contributed by atoms with van der Waals surface area (Å²) in [5.41, 5.74) is 2.48. The monoisotopic (exact) mass is 469 g/mol. The fraction of sp³-hybridized carbons (Fsp3) is 0.182. The minimum Gasteiger partial charge on any atom is -0.325 e. The van der Waals surface area contributed by atoms with E-state index in [1.54, 1.807) is 28.8 Å². The fourth-order valence-electron chi connectivity index (χ4n) is 3.77. The largest absolute Gasteiger partial charge is 0.325 e. The lowest BCUT2D eigenvalue weighted by Crippen LogP contribution is -2.42. The molecule has 31 heavy (non-hydrogen) atoms. The van der Waals surface area contributed by atoms with Crippen molar-refractivity contribution in [2.24, 2.45) is 0 Å². The van der Waals surface area contributed by atoms with Crippen molar-refractivity contribution < 1.29 is 13.2 Å². The van der Waals surface area contributed by atoms with E-state index in [1.807, 2.05) is 48.5 Å². The average molecular weight is 470 g/mol. The van der Waals surface area contributed by atoms with E-state index < -0.39 is 16.1 Å². The Hall–Kier alpha value is -2.59. The molecular formula is C22H19N3O3S3. The number of hydrogen-bond acceptors (Lipinski definition) is 6. The Bertz CT molecular complexity index is 1310. The Kier molecular flexibility index (Phi) is 5.35. The molecule has 1 aliphatic rings. The van der Waals surface area contributed by atoms with Crippen LogP contribution in [0.3, 0.4) is 0 Å². The number of carbonyl (C=O) groups excluding carboxylic acids is 1. The number of nitrogens with zero attached hydrogens (tertiary/aromatic N) is 2. The minimum atomic E-state index is -3.67. The Balaban J connectivity index is 1.37. The quantitative estimate of drug-likeness (QED) is 0.455. The molecule has 2 aromatic heterocycles. The maximum atomic E-state index is 13.0. The maximum absolute atomic E-state index is 13.0. The molecular weight excluding hydrogens is 450 g/mol. The topological polar surface area (TPSA) is 79.4 Å². The first-order valence-corrected chi connectivity index (χ1v) is 13.0. The van der Waals surface area contributed by atoms with E-state index in [-0.39, 0.29) is 10.1 Å². The molecule has 0 spiro atoms. The van der Waals surface area contributed by atoms with Gasteiger partial charge in [-0.2, -0.15) is 4.31 Å². The average Bonchev–Trinajstić information content (AvgIpc) is 3.54. The summed E-state index contributed by atoms with van der Waals surface area (Å²) in [6.45, 7) is 0.351. The van der Waals surface area contributed by atoms with Crippen LogP contribution >= 0.6 is 22.7 Å². The van der Waals surface area contributed by atoms with Crippen molar-refractivity contribution in [2.75, 3.05) is 11.9 Å². The lowest BCUT2D eigenvalue weighted by Gasteiger charge is -2.22. The summed E-state index contributed by atoms with van der Waals surface area (Å²) in [4.78, 5) is 17.7. The smallest absolute Gasteiger partial charge is 0.253 e. The molecule has 1 amide bonds. The van der Waals surface area contributed by atoms with E-state index in [9.17, 15) is 13.2 Å². The van der Waals surface area contributed by atoms with Crippen molar-refractivity contribution >= 4 is 54.5 Å². The van der Waals surface area contributed by atoms with Gasteiger partial charge >= 0.3 is 0 Å². The van der Waals surface area contributed by atoms with Crippen LogP contribution in [0.1, 0.15) is 12.8 Å². The van der Waals surface area contributed by atoms with Crippen LogP contribution in [0.4, 0.5) is 5.69 Å². The Morgan fingerprint density at radius 3 is 2.77 bits per heavy atom. The Labute approximate surface area is 188 Å². The number of amides is 1. The number of carbonyl (C=O) groups is 1. The number of sulfonamides is 1. The molecule has 1 saturated heterocycles. The fourth-order valence-corrected chi connectivity index (χ4v) is 7.50. The van der Waals surface area contributed by atoms with E-state index in [4.69, 9.17) is 0 Å². The lowest BCUT2D eigenvalue weighted by molar-refractivity contribution is -0.119. The molecule has 0 aliphatic carbocycles. The molecule has 6 nitrogen and oxygen atoms in total. The molecule has 1 atom stereocenters. The molecule has 0 saturated carbocycles.